The van der Waals surface area contributed by atoms with Gasteiger partial charge in [0.2, 0.25) is 5.91 Å². The van der Waals surface area contributed by atoms with Crippen LogP contribution in [0.5, 0.6) is 0 Å². The Balaban J connectivity index is 0.00000484. The zero-order valence-corrected chi connectivity index (χ0v) is 13.7. The second-order valence-corrected chi connectivity index (χ2v) is 5.52. The number of carbonyl (C=O) groups excluding carboxylic acids is 2. The van der Waals surface area contributed by atoms with E-state index in [9.17, 15) is 22.8 Å². The maximum Gasteiger partial charge on any atom is 0.416 e. The highest BCUT2D eigenvalue weighted by atomic mass is 35.5. The van der Waals surface area contributed by atoms with Crippen molar-refractivity contribution in [3.8, 4) is 0 Å². The molecule has 0 atom stereocenters. The van der Waals surface area contributed by atoms with Gasteiger partial charge in [-0.2, -0.15) is 13.2 Å². The predicted molar refractivity (Wildman–Crippen MR) is 83.6 cm³/mol. The van der Waals surface area contributed by atoms with Gasteiger partial charge in [0.25, 0.3) is 5.91 Å². The van der Waals surface area contributed by atoms with Crippen LogP contribution in [0.3, 0.4) is 0 Å². The van der Waals surface area contributed by atoms with Gasteiger partial charge in [-0.15, -0.1) is 12.4 Å². The second kappa shape index (κ2) is 7.65. The van der Waals surface area contributed by atoms with Crippen LogP contribution in [0.4, 0.5) is 18.9 Å². The van der Waals surface area contributed by atoms with E-state index in [1.165, 1.54) is 6.07 Å². The minimum absolute atomic E-state index is 0. The number of nitrogens with one attached hydrogen (secondary N) is 2. The molecule has 1 aromatic rings. The molecule has 0 aliphatic heterocycles. The normalized spacial score (nSPS) is 11.4. The van der Waals surface area contributed by atoms with Gasteiger partial charge in [-0.1, -0.05) is 0 Å². The highest BCUT2D eigenvalue weighted by Crippen LogP contribution is 2.32. The Morgan fingerprint density at radius 2 is 1.74 bits per heavy atom. The molecule has 4 N–H and O–H groups in total. The smallest absolute Gasteiger partial charge is 0.346 e. The summed E-state index contributed by atoms with van der Waals surface area (Å²) >= 11 is 0. The first-order chi connectivity index (χ1) is 9.94. The zero-order chi connectivity index (χ0) is 17.1. The minimum atomic E-state index is -4.63. The van der Waals surface area contributed by atoms with Crippen molar-refractivity contribution in [3.05, 3.63) is 29.3 Å². The van der Waals surface area contributed by atoms with E-state index >= 15 is 0 Å². The summed E-state index contributed by atoms with van der Waals surface area (Å²) in [6.07, 6.45) is -4.63. The molecule has 130 valence electrons. The molecule has 0 unspecified atom stereocenters. The van der Waals surface area contributed by atoms with Gasteiger partial charge in [-0.05, 0) is 32.0 Å². The fourth-order valence-electron chi connectivity index (χ4n) is 1.63. The van der Waals surface area contributed by atoms with Crippen molar-refractivity contribution in [1.82, 2.24) is 5.32 Å². The van der Waals surface area contributed by atoms with Crippen LogP contribution in [0, 0.1) is 0 Å². The van der Waals surface area contributed by atoms with Crippen LogP contribution in [-0.4, -0.2) is 23.9 Å². The topological polar surface area (TPSA) is 84.2 Å². The number of hydrogen-bond donors (Lipinski definition) is 3. The molecule has 0 saturated heterocycles. The van der Waals surface area contributed by atoms with Crippen molar-refractivity contribution in [2.75, 3.05) is 11.9 Å². The molecule has 0 spiro atoms. The number of anilines is 1. The molecule has 1 rings (SSSR count). The van der Waals surface area contributed by atoms with Crippen molar-refractivity contribution in [2.24, 2.45) is 5.73 Å². The first-order valence-electron chi connectivity index (χ1n) is 6.47. The van der Waals surface area contributed by atoms with Crippen LogP contribution in [0.15, 0.2) is 18.2 Å². The Bertz CT molecular complexity index is 589. The highest BCUT2D eigenvalue weighted by molar-refractivity contribution is 5.97. The van der Waals surface area contributed by atoms with Crippen LogP contribution in [-0.2, 0) is 11.0 Å². The molecule has 23 heavy (non-hydrogen) atoms. The number of benzene rings is 1. The fraction of sp³-hybridized carbons (Fsp3) is 0.429. The predicted octanol–water partition coefficient (Wildman–Crippen LogP) is 2.55. The summed E-state index contributed by atoms with van der Waals surface area (Å²) in [5, 5.41) is 4.78. The van der Waals surface area contributed by atoms with Gasteiger partial charge >= 0.3 is 6.18 Å². The SMILES string of the molecule is CC(=O)Nc1cc(C(=O)NC(C)(C)CN)cc(C(F)(F)F)c1.Cl. The summed E-state index contributed by atoms with van der Waals surface area (Å²) in [4.78, 5) is 23.1. The largest absolute Gasteiger partial charge is 0.416 e. The van der Waals surface area contributed by atoms with Crippen LogP contribution in [0.25, 0.3) is 0 Å². The Labute approximate surface area is 138 Å². The van der Waals surface area contributed by atoms with E-state index in [2.05, 4.69) is 10.6 Å². The summed E-state index contributed by atoms with van der Waals surface area (Å²) in [6, 6.07) is 2.68. The standard InChI is InChI=1S/C14H18F3N3O2.ClH/c1-8(21)19-11-5-9(4-10(6-11)14(15,16)17)12(22)20-13(2,3)7-18;/h4-6H,7,18H2,1-3H3,(H,19,21)(H,20,22);1H. The maximum absolute atomic E-state index is 12.9. The lowest BCUT2D eigenvalue weighted by Gasteiger charge is -2.24. The number of amides is 2. The Hall–Kier alpha value is -1.80. The molecule has 0 aliphatic rings. The molecule has 9 heteroatoms. The van der Waals surface area contributed by atoms with Gasteiger partial charge in [-0.25, -0.2) is 0 Å². The second-order valence-electron chi connectivity index (χ2n) is 5.52. The lowest BCUT2D eigenvalue weighted by Crippen LogP contribution is -2.48. The summed E-state index contributed by atoms with van der Waals surface area (Å²) < 4.78 is 38.7. The first kappa shape index (κ1) is 21.2. The molecule has 0 heterocycles. The average molecular weight is 354 g/mol. The quantitative estimate of drug-likeness (QED) is 0.777. The molecule has 0 aromatic heterocycles. The van der Waals surface area contributed by atoms with Gasteiger partial charge in [0.05, 0.1) is 5.56 Å². The number of rotatable bonds is 4. The number of carbonyl (C=O) groups is 2. The van der Waals surface area contributed by atoms with Crippen molar-refractivity contribution < 1.29 is 22.8 Å². The summed E-state index contributed by atoms with van der Waals surface area (Å²) in [5.41, 5.74) is 3.39. The number of halogens is 4. The molecular formula is C14H19ClF3N3O2. The van der Waals surface area contributed by atoms with Gasteiger partial charge in [-0.3, -0.25) is 9.59 Å². The Kier molecular flexibility index (Phi) is 7.05. The summed E-state index contributed by atoms with van der Waals surface area (Å²) in [6.45, 7) is 4.58. The third-order valence-corrected chi connectivity index (χ3v) is 2.81. The van der Waals surface area contributed by atoms with Gasteiger partial charge in [0, 0.05) is 30.3 Å². The third kappa shape index (κ3) is 6.45. The van der Waals surface area contributed by atoms with Crippen molar-refractivity contribution >= 4 is 29.9 Å². The van der Waals surface area contributed by atoms with Crippen molar-refractivity contribution in [3.63, 3.8) is 0 Å². The zero-order valence-electron chi connectivity index (χ0n) is 12.9. The first-order valence-corrected chi connectivity index (χ1v) is 6.47. The van der Waals surface area contributed by atoms with Crippen LogP contribution < -0.4 is 16.4 Å². The van der Waals surface area contributed by atoms with E-state index in [0.29, 0.717) is 0 Å². The molecule has 0 bridgehead atoms. The summed E-state index contributed by atoms with van der Waals surface area (Å²) in [5.74, 6) is -1.24. The van der Waals surface area contributed by atoms with E-state index in [1.54, 1.807) is 13.8 Å². The Morgan fingerprint density at radius 3 is 2.17 bits per heavy atom. The molecule has 1 aromatic carbocycles. The monoisotopic (exact) mass is 353 g/mol. The van der Waals surface area contributed by atoms with Crippen LogP contribution in [0.1, 0.15) is 36.7 Å². The van der Waals surface area contributed by atoms with E-state index in [1.807, 2.05) is 0 Å². The Morgan fingerprint density at radius 1 is 1.17 bits per heavy atom. The number of hydrogen-bond acceptors (Lipinski definition) is 3. The van der Waals surface area contributed by atoms with Gasteiger partial charge in [0.15, 0.2) is 0 Å². The highest BCUT2D eigenvalue weighted by Gasteiger charge is 2.32. The molecule has 0 radical (unpaired) electrons. The maximum atomic E-state index is 12.9. The van der Waals surface area contributed by atoms with Gasteiger partial charge < -0.3 is 16.4 Å². The van der Waals surface area contributed by atoms with Crippen molar-refractivity contribution in [1.29, 1.82) is 0 Å². The lowest BCUT2D eigenvalue weighted by molar-refractivity contribution is -0.137. The average Bonchev–Trinajstić information content (AvgIpc) is 2.36. The van der Waals surface area contributed by atoms with E-state index in [0.717, 1.165) is 19.1 Å². The lowest BCUT2D eigenvalue weighted by atomic mass is 10.0. The minimum Gasteiger partial charge on any atom is -0.346 e. The van der Waals surface area contributed by atoms with E-state index < -0.39 is 29.1 Å². The molecular weight excluding hydrogens is 335 g/mol. The molecule has 2 amide bonds. The van der Waals surface area contributed by atoms with Crippen molar-refractivity contribution in [2.45, 2.75) is 32.5 Å². The molecule has 0 fully saturated rings. The molecule has 5 nitrogen and oxygen atoms in total. The van der Waals surface area contributed by atoms with E-state index in [4.69, 9.17) is 5.73 Å². The summed E-state index contributed by atoms with van der Waals surface area (Å²) in [7, 11) is 0. The molecule has 0 saturated carbocycles. The molecule has 0 aliphatic carbocycles. The fourth-order valence-corrected chi connectivity index (χ4v) is 1.63. The number of nitrogens with two attached hydrogens (primary N) is 1. The van der Waals surface area contributed by atoms with Gasteiger partial charge in [0.1, 0.15) is 0 Å². The number of alkyl halides is 3. The third-order valence-electron chi connectivity index (χ3n) is 2.81. The van der Waals surface area contributed by atoms with Crippen LogP contribution in [0.2, 0.25) is 0 Å². The van der Waals surface area contributed by atoms with E-state index in [-0.39, 0.29) is 30.2 Å². The van der Waals surface area contributed by atoms with Crippen LogP contribution >= 0.6 is 12.4 Å².